The first kappa shape index (κ1) is 20.6. The van der Waals surface area contributed by atoms with Crippen LogP contribution in [0.3, 0.4) is 0 Å². The molecule has 31 heavy (non-hydrogen) atoms. The lowest BCUT2D eigenvalue weighted by Crippen LogP contribution is -2.35. The van der Waals surface area contributed by atoms with Gasteiger partial charge in [0, 0.05) is 36.7 Å². The minimum atomic E-state index is -0.0516. The molecule has 0 unspecified atom stereocenters. The molecule has 0 fully saturated rings. The summed E-state index contributed by atoms with van der Waals surface area (Å²) in [7, 11) is 0. The first-order chi connectivity index (χ1) is 15.2. The van der Waals surface area contributed by atoms with Crippen LogP contribution in [0.1, 0.15) is 35.2 Å². The SMILES string of the molecule is O=C(CCCOc1ccccc1)Nc1ccc2c(c1)CCCN2C(=O)c1cccnc1. The molecule has 2 heterocycles. The molecule has 6 nitrogen and oxygen atoms in total. The van der Waals surface area contributed by atoms with Crippen molar-refractivity contribution in [1.82, 2.24) is 4.98 Å². The number of aryl methyl sites for hydroxylation is 1. The second kappa shape index (κ2) is 9.89. The van der Waals surface area contributed by atoms with Crippen LogP contribution in [0.4, 0.5) is 11.4 Å². The Morgan fingerprint density at radius 2 is 1.94 bits per heavy atom. The standard InChI is InChI=1S/C25H25N3O3/c29-24(11-6-16-31-22-9-2-1-3-10-22)27-21-12-13-23-19(17-21)8-5-15-28(23)25(30)20-7-4-14-26-18-20/h1-4,7,9-10,12-14,17-18H,5-6,8,11,15-16H2,(H,27,29). The molecule has 3 aromatic rings. The highest BCUT2D eigenvalue weighted by molar-refractivity contribution is 6.06. The fourth-order valence-electron chi connectivity index (χ4n) is 3.69. The van der Waals surface area contributed by atoms with E-state index in [1.165, 1.54) is 0 Å². The van der Waals surface area contributed by atoms with Gasteiger partial charge in [-0.15, -0.1) is 0 Å². The number of hydrogen-bond donors (Lipinski definition) is 1. The number of amides is 2. The molecule has 1 aromatic heterocycles. The van der Waals surface area contributed by atoms with Crippen LogP contribution in [0, 0.1) is 0 Å². The fourth-order valence-corrected chi connectivity index (χ4v) is 3.69. The van der Waals surface area contributed by atoms with Crippen molar-refractivity contribution in [2.24, 2.45) is 0 Å². The van der Waals surface area contributed by atoms with Crippen molar-refractivity contribution in [3.05, 3.63) is 84.2 Å². The number of benzene rings is 2. The molecule has 6 heteroatoms. The Balaban J connectivity index is 1.33. The van der Waals surface area contributed by atoms with Gasteiger partial charge in [0.15, 0.2) is 0 Å². The molecule has 1 aliphatic heterocycles. The zero-order valence-corrected chi connectivity index (χ0v) is 17.3. The monoisotopic (exact) mass is 415 g/mol. The van der Waals surface area contributed by atoms with Crippen molar-refractivity contribution in [1.29, 1.82) is 0 Å². The number of hydrogen-bond acceptors (Lipinski definition) is 4. The van der Waals surface area contributed by atoms with E-state index in [9.17, 15) is 9.59 Å². The van der Waals surface area contributed by atoms with Gasteiger partial charge in [-0.3, -0.25) is 14.6 Å². The highest BCUT2D eigenvalue weighted by Crippen LogP contribution is 2.31. The third-order valence-corrected chi connectivity index (χ3v) is 5.20. The normalized spacial score (nSPS) is 12.7. The van der Waals surface area contributed by atoms with Crippen LogP contribution in [0.15, 0.2) is 73.1 Å². The Morgan fingerprint density at radius 3 is 2.74 bits per heavy atom. The van der Waals surface area contributed by atoms with Crippen molar-refractivity contribution >= 4 is 23.2 Å². The Bertz CT molecular complexity index is 1040. The molecule has 0 atom stereocenters. The van der Waals surface area contributed by atoms with Gasteiger partial charge in [0.25, 0.3) is 5.91 Å². The summed E-state index contributed by atoms with van der Waals surface area (Å²) in [6.45, 7) is 1.17. The number of nitrogens with zero attached hydrogens (tertiary/aromatic N) is 2. The van der Waals surface area contributed by atoms with Gasteiger partial charge in [0.2, 0.25) is 5.91 Å². The molecule has 0 saturated heterocycles. The molecule has 0 bridgehead atoms. The number of para-hydroxylation sites is 1. The second-order valence-corrected chi connectivity index (χ2v) is 7.46. The summed E-state index contributed by atoms with van der Waals surface area (Å²) in [6, 6.07) is 18.9. The van der Waals surface area contributed by atoms with Crippen LogP contribution in [0.25, 0.3) is 0 Å². The smallest absolute Gasteiger partial charge is 0.259 e. The van der Waals surface area contributed by atoms with E-state index in [0.29, 0.717) is 31.6 Å². The van der Waals surface area contributed by atoms with Crippen LogP contribution in [0.5, 0.6) is 5.75 Å². The number of nitrogens with one attached hydrogen (secondary N) is 1. The molecule has 2 amide bonds. The maximum absolute atomic E-state index is 12.9. The summed E-state index contributed by atoms with van der Waals surface area (Å²) in [5.74, 6) is 0.711. The molecule has 0 saturated carbocycles. The van der Waals surface area contributed by atoms with Crippen LogP contribution in [-0.4, -0.2) is 29.9 Å². The topological polar surface area (TPSA) is 71.5 Å². The Hall–Kier alpha value is -3.67. The number of pyridine rings is 1. The largest absolute Gasteiger partial charge is 0.494 e. The number of carbonyl (C=O) groups is 2. The number of anilines is 2. The van der Waals surface area contributed by atoms with E-state index in [4.69, 9.17) is 4.74 Å². The highest BCUT2D eigenvalue weighted by atomic mass is 16.5. The van der Waals surface area contributed by atoms with Crippen LogP contribution < -0.4 is 15.0 Å². The lowest BCUT2D eigenvalue weighted by atomic mass is 10.00. The summed E-state index contributed by atoms with van der Waals surface area (Å²) in [4.78, 5) is 31.0. The minimum absolute atomic E-state index is 0.0456. The van der Waals surface area contributed by atoms with Gasteiger partial charge < -0.3 is 15.0 Å². The molecule has 1 N–H and O–H groups in total. The Morgan fingerprint density at radius 1 is 1.06 bits per heavy atom. The van der Waals surface area contributed by atoms with E-state index in [1.54, 1.807) is 29.4 Å². The van der Waals surface area contributed by atoms with Gasteiger partial charge >= 0.3 is 0 Å². The van der Waals surface area contributed by atoms with E-state index in [0.717, 1.165) is 35.5 Å². The van der Waals surface area contributed by atoms with E-state index >= 15 is 0 Å². The number of ether oxygens (including phenoxy) is 1. The minimum Gasteiger partial charge on any atom is -0.494 e. The number of carbonyl (C=O) groups excluding carboxylic acids is 2. The molecule has 0 spiro atoms. The first-order valence-electron chi connectivity index (χ1n) is 10.5. The molecule has 0 aliphatic carbocycles. The molecule has 1 aliphatic rings. The summed E-state index contributed by atoms with van der Waals surface area (Å²) in [5, 5.41) is 2.96. The van der Waals surface area contributed by atoms with Crippen molar-refractivity contribution in [3.63, 3.8) is 0 Å². The van der Waals surface area contributed by atoms with Crippen molar-refractivity contribution < 1.29 is 14.3 Å². The lowest BCUT2D eigenvalue weighted by Gasteiger charge is -2.30. The van der Waals surface area contributed by atoms with Crippen LogP contribution >= 0.6 is 0 Å². The van der Waals surface area contributed by atoms with Gasteiger partial charge in [0.1, 0.15) is 5.75 Å². The number of aromatic nitrogens is 1. The molecule has 4 rings (SSSR count). The van der Waals surface area contributed by atoms with Crippen LogP contribution in [0.2, 0.25) is 0 Å². The van der Waals surface area contributed by atoms with E-state index in [1.807, 2.05) is 48.5 Å². The van der Waals surface area contributed by atoms with Gasteiger partial charge in [-0.05, 0) is 67.3 Å². The molecular weight excluding hydrogens is 390 g/mol. The van der Waals surface area contributed by atoms with E-state index in [-0.39, 0.29) is 11.8 Å². The lowest BCUT2D eigenvalue weighted by molar-refractivity contribution is -0.116. The third-order valence-electron chi connectivity index (χ3n) is 5.20. The summed E-state index contributed by atoms with van der Waals surface area (Å²) in [5.41, 5.74) is 3.29. The second-order valence-electron chi connectivity index (χ2n) is 7.46. The average Bonchev–Trinajstić information content (AvgIpc) is 2.82. The number of fused-ring (bicyclic) bond motifs is 1. The van der Waals surface area contributed by atoms with E-state index < -0.39 is 0 Å². The van der Waals surface area contributed by atoms with Gasteiger partial charge in [-0.2, -0.15) is 0 Å². The predicted octanol–water partition coefficient (Wildman–Crippen LogP) is 4.47. The zero-order valence-electron chi connectivity index (χ0n) is 17.3. The maximum atomic E-state index is 12.9. The average molecular weight is 415 g/mol. The van der Waals surface area contributed by atoms with Crippen molar-refractivity contribution in [3.8, 4) is 5.75 Å². The van der Waals surface area contributed by atoms with Crippen LogP contribution in [-0.2, 0) is 11.2 Å². The molecule has 0 radical (unpaired) electrons. The molecule has 158 valence electrons. The fraction of sp³-hybridized carbons (Fsp3) is 0.240. The van der Waals surface area contributed by atoms with E-state index in [2.05, 4.69) is 10.3 Å². The first-order valence-corrected chi connectivity index (χ1v) is 10.5. The summed E-state index contributed by atoms with van der Waals surface area (Å²) in [6.07, 6.45) is 6.03. The van der Waals surface area contributed by atoms with Crippen molar-refractivity contribution in [2.45, 2.75) is 25.7 Å². The highest BCUT2D eigenvalue weighted by Gasteiger charge is 2.24. The zero-order chi connectivity index (χ0) is 21.5. The van der Waals surface area contributed by atoms with Gasteiger partial charge in [0.05, 0.1) is 12.2 Å². The third kappa shape index (κ3) is 5.28. The number of rotatable bonds is 7. The maximum Gasteiger partial charge on any atom is 0.259 e. The Labute approximate surface area is 181 Å². The summed E-state index contributed by atoms with van der Waals surface area (Å²) < 4.78 is 5.63. The Kier molecular flexibility index (Phi) is 6.57. The predicted molar refractivity (Wildman–Crippen MR) is 120 cm³/mol. The molecular formula is C25H25N3O3. The van der Waals surface area contributed by atoms with Gasteiger partial charge in [-0.25, -0.2) is 0 Å². The molecule has 2 aromatic carbocycles. The summed E-state index contributed by atoms with van der Waals surface area (Å²) >= 11 is 0. The quantitative estimate of drug-likeness (QED) is 0.578. The van der Waals surface area contributed by atoms with Gasteiger partial charge in [-0.1, -0.05) is 18.2 Å². The van der Waals surface area contributed by atoms with Crippen molar-refractivity contribution in [2.75, 3.05) is 23.4 Å².